The lowest BCUT2D eigenvalue weighted by atomic mass is 9.71. The molecule has 0 atom stereocenters. The second-order valence-corrected chi connectivity index (χ2v) is 10.9. The fourth-order valence-corrected chi connectivity index (χ4v) is 6.39. The number of benzene rings is 1. The number of carbonyl (C=O) groups is 1. The van der Waals surface area contributed by atoms with E-state index in [-0.39, 0.29) is 23.5 Å². The largest absolute Gasteiger partial charge is 0.423 e. The highest BCUT2D eigenvalue weighted by atomic mass is 19.1. The zero-order valence-corrected chi connectivity index (χ0v) is 19.4. The molecule has 1 aromatic rings. The quantitative estimate of drug-likeness (QED) is 0.340. The van der Waals surface area contributed by atoms with Gasteiger partial charge in [0.1, 0.15) is 0 Å². The predicted octanol–water partition coefficient (Wildman–Crippen LogP) is 7.88. The first-order chi connectivity index (χ1) is 15.1. The van der Waals surface area contributed by atoms with Gasteiger partial charge in [-0.25, -0.2) is 4.39 Å². The van der Waals surface area contributed by atoms with Crippen LogP contribution in [0.3, 0.4) is 0 Å². The minimum absolute atomic E-state index is 0.0624. The first-order valence-corrected chi connectivity index (χ1v) is 13.1. The molecule has 0 N–H and O–H groups in total. The van der Waals surface area contributed by atoms with Crippen molar-refractivity contribution in [3.63, 3.8) is 0 Å². The minimum atomic E-state index is -0.390. The van der Waals surface area contributed by atoms with Crippen molar-refractivity contribution in [3.05, 3.63) is 29.6 Å². The summed E-state index contributed by atoms with van der Waals surface area (Å²) < 4.78 is 20.1. The Bertz CT molecular complexity index is 708. The average Bonchev–Trinajstić information content (AvgIpc) is 2.81. The van der Waals surface area contributed by atoms with E-state index in [4.69, 9.17) is 4.74 Å². The van der Waals surface area contributed by atoms with Gasteiger partial charge < -0.3 is 4.74 Å². The summed E-state index contributed by atoms with van der Waals surface area (Å²) >= 11 is 0. The van der Waals surface area contributed by atoms with Crippen LogP contribution in [0.2, 0.25) is 0 Å². The normalized spacial score (nSPS) is 30.1. The number of aryl methyl sites for hydroxylation is 1. The lowest BCUT2D eigenvalue weighted by Crippen LogP contribution is -2.29. The highest BCUT2D eigenvalue weighted by Gasteiger charge is 2.32. The van der Waals surface area contributed by atoms with Crippen molar-refractivity contribution in [2.45, 2.75) is 103 Å². The van der Waals surface area contributed by atoms with Crippen molar-refractivity contribution in [1.29, 1.82) is 0 Å². The maximum atomic E-state index is 14.6. The summed E-state index contributed by atoms with van der Waals surface area (Å²) in [4.78, 5) is 12.7. The van der Waals surface area contributed by atoms with Gasteiger partial charge in [0.05, 0.1) is 5.92 Å². The number of ether oxygens (including phenoxy) is 1. The predicted molar refractivity (Wildman–Crippen MR) is 124 cm³/mol. The molecule has 3 saturated carbocycles. The van der Waals surface area contributed by atoms with E-state index < -0.39 is 0 Å². The molecule has 0 aliphatic heterocycles. The van der Waals surface area contributed by atoms with Crippen molar-refractivity contribution in [2.24, 2.45) is 29.6 Å². The van der Waals surface area contributed by atoms with Crippen LogP contribution in [-0.4, -0.2) is 5.97 Å². The Balaban J connectivity index is 1.23. The molecule has 0 saturated heterocycles. The van der Waals surface area contributed by atoms with Crippen LogP contribution >= 0.6 is 0 Å². The molecule has 0 unspecified atom stereocenters. The lowest BCUT2D eigenvalue weighted by molar-refractivity contribution is -0.140. The molecule has 0 radical (unpaired) electrons. The fraction of sp³-hybridized carbons (Fsp3) is 0.750. The van der Waals surface area contributed by atoms with Gasteiger partial charge in [0.15, 0.2) is 11.6 Å². The Kier molecular flexibility index (Phi) is 8.07. The fourth-order valence-electron chi connectivity index (χ4n) is 6.39. The molecule has 0 heterocycles. The molecule has 3 aliphatic carbocycles. The van der Waals surface area contributed by atoms with Gasteiger partial charge in [0.25, 0.3) is 0 Å². The topological polar surface area (TPSA) is 26.3 Å². The van der Waals surface area contributed by atoms with Crippen LogP contribution in [0.25, 0.3) is 0 Å². The van der Waals surface area contributed by atoms with Crippen LogP contribution in [0.1, 0.15) is 102 Å². The van der Waals surface area contributed by atoms with Crippen molar-refractivity contribution in [2.75, 3.05) is 0 Å². The first kappa shape index (κ1) is 22.8. The number of carbonyl (C=O) groups excluding carboxylic acids is 1. The summed E-state index contributed by atoms with van der Waals surface area (Å²) in [5.41, 5.74) is 1.02. The number of esters is 1. The molecule has 0 spiro atoms. The molecule has 2 nitrogen and oxygen atoms in total. The van der Waals surface area contributed by atoms with Gasteiger partial charge in [-0.2, -0.15) is 0 Å². The van der Waals surface area contributed by atoms with Crippen molar-refractivity contribution >= 4 is 5.97 Å². The maximum absolute atomic E-state index is 14.6. The lowest BCUT2D eigenvalue weighted by Gasteiger charge is -2.35. The van der Waals surface area contributed by atoms with Crippen molar-refractivity contribution < 1.29 is 13.9 Å². The Morgan fingerprint density at radius 3 is 2.26 bits per heavy atom. The summed E-state index contributed by atoms with van der Waals surface area (Å²) in [5, 5.41) is 0. The third-order valence-corrected chi connectivity index (χ3v) is 8.61. The third kappa shape index (κ3) is 6.33. The van der Waals surface area contributed by atoms with Crippen LogP contribution in [0.4, 0.5) is 4.39 Å². The molecule has 0 aromatic heterocycles. The summed E-state index contributed by atoms with van der Waals surface area (Å²) in [5.74, 6) is 2.72. The second kappa shape index (κ2) is 11.0. The molecule has 172 valence electrons. The highest BCUT2D eigenvalue weighted by molar-refractivity contribution is 5.75. The summed E-state index contributed by atoms with van der Waals surface area (Å²) in [6.45, 7) is 2.34. The van der Waals surface area contributed by atoms with Gasteiger partial charge in [0, 0.05) is 0 Å². The van der Waals surface area contributed by atoms with Gasteiger partial charge in [-0.1, -0.05) is 70.8 Å². The minimum Gasteiger partial charge on any atom is -0.423 e. The molecular formula is C28H41FO2. The van der Waals surface area contributed by atoms with E-state index in [0.29, 0.717) is 0 Å². The third-order valence-electron chi connectivity index (χ3n) is 8.61. The molecule has 31 heavy (non-hydrogen) atoms. The number of halogens is 1. The van der Waals surface area contributed by atoms with Crippen molar-refractivity contribution in [1.82, 2.24) is 0 Å². The van der Waals surface area contributed by atoms with Gasteiger partial charge in [-0.05, 0) is 79.9 Å². The first-order valence-electron chi connectivity index (χ1n) is 13.1. The summed E-state index contributed by atoms with van der Waals surface area (Å²) in [7, 11) is 0. The Hall–Kier alpha value is -1.38. The van der Waals surface area contributed by atoms with Crippen molar-refractivity contribution in [3.8, 4) is 5.75 Å². The molecule has 3 fully saturated rings. The maximum Gasteiger partial charge on any atom is 0.314 e. The van der Waals surface area contributed by atoms with Gasteiger partial charge in [0.2, 0.25) is 0 Å². The number of hydrogen-bond acceptors (Lipinski definition) is 2. The molecule has 3 aliphatic rings. The standard InChI is InChI=1S/C28H41FO2/c1-20-7-9-21(10-8-20)11-12-22-13-18-27(26(29)19-22)31-28(30)25-16-14-24(15-17-25)23-5-3-2-4-6-23/h13,18-21,23-25H,2-12,14-17H2,1H3. The SMILES string of the molecule is CC1CCC(CCc2ccc(OC(=O)C3CCC(C4CCCCC4)CC3)c(F)c2)CC1. The molecule has 4 rings (SSSR count). The average molecular weight is 429 g/mol. The van der Waals surface area contributed by atoms with Gasteiger partial charge in [-0.3, -0.25) is 4.79 Å². The molecule has 3 heteroatoms. The van der Waals surface area contributed by atoms with Crippen LogP contribution in [-0.2, 0) is 11.2 Å². The molecule has 0 amide bonds. The zero-order chi connectivity index (χ0) is 21.6. The zero-order valence-electron chi connectivity index (χ0n) is 19.4. The van der Waals surface area contributed by atoms with Gasteiger partial charge in [-0.15, -0.1) is 0 Å². The molecule has 0 bridgehead atoms. The van der Waals surface area contributed by atoms with E-state index in [1.165, 1.54) is 57.8 Å². The van der Waals surface area contributed by atoms with E-state index in [9.17, 15) is 9.18 Å². The second-order valence-electron chi connectivity index (χ2n) is 10.9. The van der Waals surface area contributed by atoms with E-state index in [1.54, 1.807) is 12.1 Å². The van der Waals surface area contributed by atoms with Crippen LogP contribution in [0.5, 0.6) is 5.75 Å². The van der Waals surface area contributed by atoms with Crippen LogP contribution < -0.4 is 4.74 Å². The number of hydrogen-bond donors (Lipinski definition) is 0. The Labute approximate surface area is 188 Å². The highest BCUT2D eigenvalue weighted by Crippen LogP contribution is 2.40. The smallest absolute Gasteiger partial charge is 0.314 e. The van der Waals surface area contributed by atoms with Gasteiger partial charge >= 0.3 is 5.97 Å². The van der Waals surface area contributed by atoms with E-state index >= 15 is 0 Å². The molecular weight excluding hydrogens is 387 g/mol. The number of rotatable bonds is 6. The Morgan fingerprint density at radius 2 is 1.58 bits per heavy atom. The van der Waals surface area contributed by atoms with E-state index in [0.717, 1.165) is 67.8 Å². The van der Waals surface area contributed by atoms with Crippen LogP contribution in [0.15, 0.2) is 18.2 Å². The summed E-state index contributed by atoms with van der Waals surface area (Å²) in [6, 6.07) is 5.18. The van der Waals surface area contributed by atoms with E-state index in [1.807, 2.05) is 6.07 Å². The molecule has 1 aromatic carbocycles. The summed E-state index contributed by atoms with van der Waals surface area (Å²) in [6.07, 6.45) is 18.3. The monoisotopic (exact) mass is 428 g/mol. The Morgan fingerprint density at radius 1 is 0.903 bits per heavy atom. The van der Waals surface area contributed by atoms with Crippen LogP contribution in [0, 0.1) is 35.4 Å². The van der Waals surface area contributed by atoms with E-state index in [2.05, 4.69) is 6.92 Å².